The van der Waals surface area contributed by atoms with E-state index in [4.69, 9.17) is 21.4 Å². The van der Waals surface area contributed by atoms with Crippen LogP contribution in [0.3, 0.4) is 0 Å². The SMILES string of the molecule is COCC(=O)N(CC(C)C(=O)O)c1cccnc1Cl. The van der Waals surface area contributed by atoms with Crippen molar-refractivity contribution in [2.45, 2.75) is 6.92 Å². The van der Waals surface area contributed by atoms with Crippen molar-refractivity contribution in [2.24, 2.45) is 5.92 Å². The summed E-state index contributed by atoms with van der Waals surface area (Å²) in [5.41, 5.74) is 0.374. The first-order valence-electron chi connectivity index (χ1n) is 5.60. The molecule has 1 N–H and O–H groups in total. The summed E-state index contributed by atoms with van der Waals surface area (Å²) in [4.78, 5) is 28.0. The van der Waals surface area contributed by atoms with E-state index in [1.807, 2.05) is 0 Å². The second kappa shape index (κ2) is 7.06. The summed E-state index contributed by atoms with van der Waals surface area (Å²) in [6.45, 7) is 1.36. The molecule has 0 radical (unpaired) electrons. The average Bonchev–Trinajstić information content (AvgIpc) is 2.36. The third kappa shape index (κ3) is 4.18. The smallest absolute Gasteiger partial charge is 0.308 e. The largest absolute Gasteiger partial charge is 0.481 e. The van der Waals surface area contributed by atoms with E-state index in [9.17, 15) is 9.59 Å². The summed E-state index contributed by atoms with van der Waals surface area (Å²) < 4.78 is 4.79. The summed E-state index contributed by atoms with van der Waals surface area (Å²) in [5.74, 6) is -2.09. The molecule has 0 saturated heterocycles. The second-order valence-electron chi connectivity index (χ2n) is 3.99. The number of aromatic nitrogens is 1. The Morgan fingerprint density at radius 1 is 1.58 bits per heavy atom. The van der Waals surface area contributed by atoms with Gasteiger partial charge in [0.25, 0.3) is 5.91 Å². The highest BCUT2D eigenvalue weighted by atomic mass is 35.5. The van der Waals surface area contributed by atoms with Crippen LogP contribution in [0.25, 0.3) is 0 Å². The minimum Gasteiger partial charge on any atom is -0.481 e. The van der Waals surface area contributed by atoms with Gasteiger partial charge >= 0.3 is 5.97 Å². The Morgan fingerprint density at radius 3 is 2.79 bits per heavy atom. The maximum Gasteiger partial charge on any atom is 0.308 e. The Morgan fingerprint density at radius 2 is 2.26 bits per heavy atom. The third-order valence-electron chi connectivity index (χ3n) is 2.48. The van der Waals surface area contributed by atoms with Crippen LogP contribution >= 0.6 is 11.6 Å². The molecule has 0 fully saturated rings. The van der Waals surface area contributed by atoms with Crippen molar-refractivity contribution in [3.05, 3.63) is 23.5 Å². The first-order valence-corrected chi connectivity index (χ1v) is 5.97. The van der Waals surface area contributed by atoms with Gasteiger partial charge in [0.05, 0.1) is 11.6 Å². The number of methoxy groups -OCH3 is 1. The van der Waals surface area contributed by atoms with Gasteiger partial charge in [-0.3, -0.25) is 9.59 Å². The Kier molecular flexibility index (Phi) is 5.72. The fourth-order valence-electron chi connectivity index (χ4n) is 1.47. The molecule has 0 spiro atoms. The highest BCUT2D eigenvalue weighted by molar-refractivity contribution is 6.32. The number of carboxylic acids is 1. The van der Waals surface area contributed by atoms with Gasteiger partial charge in [-0.25, -0.2) is 4.98 Å². The lowest BCUT2D eigenvalue weighted by atomic mass is 10.1. The van der Waals surface area contributed by atoms with Crippen molar-refractivity contribution in [2.75, 3.05) is 25.2 Å². The summed E-state index contributed by atoms with van der Waals surface area (Å²) in [7, 11) is 1.39. The van der Waals surface area contributed by atoms with E-state index in [0.717, 1.165) is 0 Å². The van der Waals surface area contributed by atoms with E-state index in [-0.39, 0.29) is 24.2 Å². The number of ether oxygens (including phenoxy) is 1. The van der Waals surface area contributed by atoms with Crippen molar-refractivity contribution in [3.63, 3.8) is 0 Å². The molecule has 0 bridgehead atoms. The number of amides is 1. The van der Waals surface area contributed by atoms with Crippen LogP contribution in [0.4, 0.5) is 5.69 Å². The van der Waals surface area contributed by atoms with Crippen LogP contribution in [-0.4, -0.2) is 42.2 Å². The van der Waals surface area contributed by atoms with E-state index in [2.05, 4.69) is 4.98 Å². The molecule has 6 nitrogen and oxygen atoms in total. The molecule has 1 amide bonds. The molecule has 1 aromatic rings. The summed E-state index contributed by atoms with van der Waals surface area (Å²) in [6.07, 6.45) is 1.49. The molecule has 19 heavy (non-hydrogen) atoms. The van der Waals surface area contributed by atoms with Crippen molar-refractivity contribution < 1.29 is 19.4 Å². The molecule has 104 valence electrons. The van der Waals surface area contributed by atoms with Crippen LogP contribution in [0.1, 0.15) is 6.92 Å². The Hall–Kier alpha value is -1.66. The number of carbonyl (C=O) groups excluding carboxylic acids is 1. The molecule has 0 aromatic carbocycles. The lowest BCUT2D eigenvalue weighted by Gasteiger charge is -2.24. The highest BCUT2D eigenvalue weighted by Gasteiger charge is 2.23. The summed E-state index contributed by atoms with van der Waals surface area (Å²) >= 11 is 5.93. The Labute approximate surface area is 115 Å². The number of aliphatic carboxylic acids is 1. The number of hydrogen-bond donors (Lipinski definition) is 1. The van der Waals surface area contributed by atoms with Crippen LogP contribution in [-0.2, 0) is 14.3 Å². The first kappa shape index (κ1) is 15.4. The Bertz CT molecular complexity index is 467. The van der Waals surface area contributed by atoms with Crippen LogP contribution in [0.15, 0.2) is 18.3 Å². The first-order chi connectivity index (χ1) is 8.97. The topological polar surface area (TPSA) is 79.7 Å². The molecule has 1 heterocycles. The van der Waals surface area contributed by atoms with Gasteiger partial charge in [0.2, 0.25) is 0 Å². The zero-order valence-corrected chi connectivity index (χ0v) is 11.4. The third-order valence-corrected chi connectivity index (χ3v) is 2.77. The minimum atomic E-state index is -0.991. The van der Waals surface area contributed by atoms with Gasteiger partial charge in [-0.2, -0.15) is 0 Å². The van der Waals surface area contributed by atoms with Crippen LogP contribution in [0, 0.1) is 5.92 Å². The van der Waals surface area contributed by atoms with E-state index in [1.165, 1.54) is 25.1 Å². The van der Waals surface area contributed by atoms with Crippen LogP contribution in [0.2, 0.25) is 5.15 Å². The van der Waals surface area contributed by atoms with Crippen molar-refractivity contribution in [1.29, 1.82) is 0 Å². The summed E-state index contributed by atoms with van der Waals surface area (Å²) in [6, 6.07) is 3.23. The minimum absolute atomic E-state index is 0.00292. The quantitative estimate of drug-likeness (QED) is 0.800. The van der Waals surface area contributed by atoms with E-state index in [0.29, 0.717) is 5.69 Å². The molecule has 0 aliphatic carbocycles. The number of pyridine rings is 1. The van der Waals surface area contributed by atoms with E-state index < -0.39 is 11.9 Å². The molecule has 1 aromatic heterocycles. The highest BCUT2D eigenvalue weighted by Crippen LogP contribution is 2.24. The Balaban J connectivity index is 3.02. The maximum atomic E-state index is 12.0. The van der Waals surface area contributed by atoms with Crippen LogP contribution in [0.5, 0.6) is 0 Å². The number of rotatable bonds is 6. The number of halogens is 1. The number of carboxylic acid groups (broad SMARTS) is 1. The van der Waals surface area contributed by atoms with Gasteiger partial charge in [0, 0.05) is 19.9 Å². The van der Waals surface area contributed by atoms with Crippen molar-refractivity contribution in [1.82, 2.24) is 4.98 Å². The fourth-order valence-corrected chi connectivity index (χ4v) is 1.69. The molecule has 1 rings (SSSR count). The molecule has 0 saturated carbocycles. The van der Waals surface area contributed by atoms with Gasteiger partial charge < -0.3 is 14.7 Å². The molecule has 1 atom stereocenters. The molecule has 0 aliphatic rings. The zero-order chi connectivity index (χ0) is 14.4. The predicted molar refractivity (Wildman–Crippen MR) is 70.3 cm³/mol. The van der Waals surface area contributed by atoms with Gasteiger partial charge in [-0.05, 0) is 12.1 Å². The lowest BCUT2D eigenvalue weighted by Crippen LogP contribution is -2.39. The molecule has 7 heteroatoms. The normalized spacial score (nSPS) is 11.9. The fraction of sp³-hybridized carbons (Fsp3) is 0.417. The van der Waals surface area contributed by atoms with E-state index in [1.54, 1.807) is 12.1 Å². The lowest BCUT2D eigenvalue weighted by molar-refractivity contribution is -0.140. The predicted octanol–water partition coefficient (Wildman–Crippen LogP) is 1.44. The number of carbonyl (C=O) groups is 2. The molecular formula is C12H15ClN2O4. The standard InChI is InChI=1S/C12H15ClN2O4/c1-8(12(17)18)6-15(10(16)7-19-2)9-4-3-5-14-11(9)13/h3-5,8H,6-7H2,1-2H3,(H,17,18). The number of anilines is 1. The molecular weight excluding hydrogens is 272 g/mol. The molecule has 1 unspecified atom stereocenters. The summed E-state index contributed by atoms with van der Waals surface area (Å²) in [5, 5.41) is 9.08. The second-order valence-corrected chi connectivity index (χ2v) is 4.35. The zero-order valence-electron chi connectivity index (χ0n) is 10.7. The van der Waals surface area contributed by atoms with Crippen molar-refractivity contribution in [3.8, 4) is 0 Å². The monoisotopic (exact) mass is 286 g/mol. The van der Waals surface area contributed by atoms with Gasteiger partial charge in [0.1, 0.15) is 6.61 Å². The van der Waals surface area contributed by atoms with Gasteiger partial charge in [-0.15, -0.1) is 0 Å². The maximum absolute atomic E-state index is 12.0. The van der Waals surface area contributed by atoms with Crippen molar-refractivity contribution >= 4 is 29.2 Å². The van der Waals surface area contributed by atoms with Crippen LogP contribution < -0.4 is 4.90 Å². The number of hydrogen-bond acceptors (Lipinski definition) is 4. The average molecular weight is 287 g/mol. The molecule has 0 aliphatic heterocycles. The van der Waals surface area contributed by atoms with Gasteiger partial charge in [0.15, 0.2) is 5.15 Å². The van der Waals surface area contributed by atoms with Gasteiger partial charge in [-0.1, -0.05) is 18.5 Å². The number of nitrogens with zero attached hydrogens (tertiary/aromatic N) is 2. The van der Waals surface area contributed by atoms with E-state index >= 15 is 0 Å².